The van der Waals surface area contributed by atoms with Crippen LogP contribution in [-0.4, -0.2) is 5.16 Å². The van der Waals surface area contributed by atoms with Crippen LogP contribution in [0.1, 0.15) is 5.56 Å². The average Bonchev–Trinajstić information content (AvgIpc) is 2.84. The van der Waals surface area contributed by atoms with Gasteiger partial charge in [-0.25, -0.2) is 0 Å². The van der Waals surface area contributed by atoms with Crippen molar-refractivity contribution in [3.05, 3.63) is 58.1 Å². The second-order valence-corrected chi connectivity index (χ2v) is 5.61. The van der Waals surface area contributed by atoms with E-state index in [4.69, 9.17) is 33.5 Å². The Hall–Kier alpha value is -1.97. The lowest BCUT2D eigenvalue weighted by Gasteiger charge is -2.05. The third-order valence-electron chi connectivity index (χ3n) is 3.23. The van der Waals surface area contributed by atoms with Crippen molar-refractivity contribution in [3.8, 4) is 22.5 Å². The summed E-state index contributed by atoms with van der Waals surface area (Å²) >= 11 is 12.3. The Bertz CT molecular complexity index is 795. The van der Waals surface area contributed by atoms with Gasteiger partial charge in [-0.2, -0.15) is 0 Å². The van der Waals surface area contributed by atoms with Gasteiger partial charge in [0, 0.05) is 10.6 Å². The first kappa shape index (κ1) is 14.0. The number of benzene rings is 2. The lowest BCUT2D eigenvalue weighted by atomic mass is 10.0. The zero-order chi connectivity index (χ0) is 15.0. The molecular formula is C16H12Cl2N2O. The lowest BCUT2D eigenvalue weighted by molar-refractivity contribution is 0.436. The Morgan fingerprint density at radius 1 is 1.05 bits per heavy atom. The highest BCUT2D eigenvalue weighted by atomic mass is 35.5. The van der Waals surface area contributed by atoms with Gasteiger partial charge in [-0.3, -0.25) is 0 Å². The summed E-state index contributed by atoms with van der Waals surface area (Å²) in [6, 6.07) is 13.1. The molecule has 0 aliphatic heterocycles. The van der Waals surface area contributed by atoms with E-state index in [9.17, 15) is 0 Å². The Kier molecular flexibility index (Phi) is 3.62. The van der Waals surface area contributed by atoms with E-state index in [1.807, 2.05) is 31.2 Å². The van der Waals surface area contributed by atoms with Gasteiger partial charge in [0.25, 0.3) is 0 Å². The van der Waals surface area contributed by atoms with Crippen molar-refractivity contribution in [1.29, 1.82) is 0 Å². The van der Waals surface area contributed by atoms with E-state index in [1.165, 1.54) is 0 Å². The fourth-order valence-corrected chi connectivity index (χ4v) is 2.53. The van der Waals surface area contributed by atoms with Crippen molar-refractivity contribution in [2.45, 2.75) is 6.92 Å². The number of nitrogen functional groups attached to an aromatic ring is 1. The van der Waals surface area contributed by atoms with Crippen molar-refractivity contribution in [2.75, 3.05) is 5.73 Å². The maximum absolute atomic E-state index is 6.24. The first-order valence-corrected chi connectivity index (χ1v) is 7.09. The highest BCUT2D eigenvalue weighted by Gasteiger charge is 2.19. The number of nitrogens with two attached hydrogens (primary N) is 1. The van der Waals surface area contributed by atoms with Gasteiger partial charge in [0.15, 0.2) is 11.6 Å². The number of rotatable bonds is 2. The number of aromatic nitrogens is 1. The first-order valence-electron chi connectivity index (χ1n) is 6.34. The lowest BCUT2D eigenvalue weighted by Crippen LogP contribution is -1.89. The predicted octanol–water partition coefficient (Wildman–Crippen LogP) is 5.21. The number of hydrogen-bond acceptors (Lipinski definition) is 3. The molecule has 0 spiro atoms. The third kappa shape index (κ3) is 2.62. The molecular weight excluding hydrogens is 307 g/mol. The van der Waals surface area contributed by atoms with Crippen LogP contribution in [0.2, 0.25) is 10.0 Å². The fourth-order valence-electron chi connectivity index (χ4n) is 2.16. The van der Waals surface area contributed by atoms with Crippen LogP contribution in [0.25, 0.3) is 22.5 Å². The maximum atomic E-state index is 6.24. The highest BCUT2D eigenvalue weighted by molar-refractivity contribution is 6.35. The molecule has 21 heavy (non-hydrogen) atoms. The molecule has 0 fully saturated rings. The molecule has 3 rings (SSSR count). The summed E-state index contributed by atoms with van der Waals surface area (Å²) in [5, 5.41) is 4.96. The molecule has 0 aliphatic carbocycles. The Morgan fingerprint density at radius 2 is 1.76 bits per heavy atom. The molecule has 0 aliphatic rings. The van der Waals surface area contributed by atoms with Crippen LogP contribution < -0.4 is 5.73 Å². The third-order valence-corrected chi connectivity index (χ3v) is 3.80. The second kappa shape index (κ2) is 5.43. The number of aryl methyl sites for hydroxylation is 1. The van der Waals surface area contributed by atoms with Crippen molar-refractivity contribution >= 4 is 29.0 Å². The molecule has 106 valence electrons. The molecule has 0 unspecified atom stereocenters. The summed E-state index contributed by atoms with van der Waals surface area (Å²) in [5.74, 6) is 0.841. The van der Waals surface area contributed by atoms with Crippen molar-refractivity contribution < 1.29 is 4.52 Å². The van der Waals surface area contributed by atoms with Crippen LogP contribution in [0.15, 0.2) is 47.0 Å². The summed E-state index contributed by atoms with van der Waals surface area (Å²) in [7, 11) is 0. The van der Waals surface area contributed by atoms with Crippen LogP contribution in [0.3, 0.4) is 0 Å². The molecule has 5 heteroatoms. The van der Waals surface area contributed by atoms with E-state index >= 15 is 0 Å². The molecule has 0 atom stereocenters. The molecule has 0 radical (unpaired) electrons. The van der Waals surface area contributed by atoms with E-state index in [-0.39, 0.29) is 0 Å². The fraction of sp³-hybridized carbons (Fsp3) is 0.0625. The topological polar surface area (TPSA) is 52.0 Å². The quantitative estimate of drug-likeness (QED) is 0.706. The summed E-state index contributed by atoms with van der Waals surface area (Å²) in [6.07, 6.45) is 0. The van der Waals surface area contributed by atoms with Crippen LogP contribution in [0.5, 0.6) is 0 Å². The van der Waals surface area contributed by atoms with Crippen LogP contribution in [0, 0.1) is 6.92 Å². The minimum atomic E-state index is 0.324. The zero-order valence-corrected chi connectivity index (χ0v) is 12.7. The molecule has 0 bridgehead atoms. The molecule has 3 nitrogen and oxygen atoms in total. The number of halogens is 2. The van der Waals surface area contributed by atoms with Gasteiger partial charge >= 0.3 is 0 Å². The molecule has 2 aromatic carbocycles. The molecule has 0 saturated heterocycles. The van der Waals surface area contributed by atoms with Crippen molar-refractivity contribution in [3.63, 3.8) is 0 Å². The van der Waals surface area contributed by atoms with Gasteiger partial charge in [-0.1, -0.05) is 58.2 Å². The summed E-state index contributed by atoms with van der Waals surface area (Å²) in [4.78, 5) is 0. The zero-order valence-electron chi connectivity index (χ0n) is 11.2. The minimum Gasteiger partial charge on any atom is -0.380 e. The molecule has 0 saturated carbocycles. The Balaban J connectivity index is 2.21. The van der Waals surface area contributed by atoms with Gasteiger partial charge in [-0.15, -0.1) is 0 Å². The Morgan fingerprint density at radius 3 is 2.48 bits per heavy atom. The number of anilines is 1. The van der Waals surface area contributed by atoms with E-state index in [1.54, 1.807) is 18.2 Å². The van der Waals surface area contributed by atoms with Gasteiger partial charge in [0.2, 0.25) is 0 Å². The van der Waals surface area contributed by atoms with E-state index < -0.39 is 0 Å². The summed E-state index contributed by atoms with van der Waals surface area (Å²) in [5.41, 5.74) is 9.43. The van der Waals surface area contributed by atoms with Crippen LogP contribution in [0.4, 0.5) is 5.82 Å². The predicted molar refractivity (Wildman–Crippen MR) is 86.5 cm³/mol. The average molecular weight is 319 g/mol. The first-order chi connectivity index (χ1) is 10.1. The molecule has 0 amide bonds. The standard InChI is InChI=1S/C16H12Cl2N2O/c1-9-2-4-10(5-3-9)14-15(21-20-16(14)19)12-8-11(17)6-7-13(12)18/h2-8H,1H3,(H2,19,20). The summed E-state index contributed by atoms with van der Waals surface area (Å²) < 4.78 is 5.38. The highest BCUT2D eigenvalue weighted by Crippen LogP contribution is 2.40. The second-order valence-electron chi connectivity index (χ2n) is 4.76. The largest absolute Gasteiger partial charge is 0.380 e. The minimum absolute atomic E-state index is 0.324. The van der Waals surface area contributed by atoms with E-state index in [0.29, 0.717) is 27.2 Å². The normalized spacial score (nSPS) is 10.8. The molecule has 3 aromatic rings. The molecule has 2 N–H and O–H groups in total. The Labute approximate surface area is 132 Å². The number of hydrogen-bond donors (Lipinski definition) is 1. The van der Waals surface area contributed by atoms with Gasteiger partial charge in [0.1, 0.15) is 0 Å². The van der Waals surface area contributed by atoms with E-state index in [2.05, 4.69) is 5.16 Å². The SMILES string of the molecule is Cc1ccc(-c2c(N)noc2-c2cc(Cl)ccc2Cl)cc1. The van der Waals surface area contributed by atoms with Crippen LogP contribution >= 0.6 is 23.2 Å². The van der Waals surface area contributed by atoms with Crippen molar-refractivity contribution in [1.82, 2.24) is 5.16 Å². The van der Waals surface area contributed by atoms with Crippen LogP contribution in [-0.2, 0) is 0 Å². The maximum Gasteiger partial charge on any atom is 0.178 e. The molecule has 1 heterocycles. The summed E-state index contributed by atoms with van der Waals surface area (Å²) in [6.45, 7) is 2.02. The van der Waals surface area contributed by atoms with Gasteiger partial charge in [0.05, 0.1) is 10.6 Å². The smallest absolute Gasteiger partial charge is 0.178 e. The molecule has 1 aromatic heterocycles. The number of nitrogens with zero attached hydrogens (tertiary/aromatic N) is 1. The van der Waals surface area contributed by atoms with E-state index in [0.717, 1.165) is 16.7 Å². The van der Waals surface area contributed by atoms with Gasteiger partial charge in [-0.05, 0) is 30.7 Å². The van der Waals surface area contributed by atoms with Gasteiger partial charge < -0.3 is 10.3 Å². The monoisotopic (exact) mass is 318 g/mol. The van der Waals surface area contributed by atoms with Crippen molar-refractivity contribution in [2.24, 2.45) is 0 Å².